The van der Waals surface area contributed by atoms with Crippen LogP contribution in [0.15, 0.2) is 29.3 Å². The summed E-state index contributed by atoms with van der Waals surface area (Å²) in [7, 11) is 0. The van der Waals surface area contributed by atoms with Crippen LogP contribution in [0.5, 0.6) is 5.75 Å². The summed E-state index contributed by atoms with van der Waals surface area (Å²) < 4.78 is 11.3. The van der Waals surface area contributed by atoms with Gasteiger partial charge in [0.2, 0.25) is 5.90 Å². The minimum Gasteiger partial charge on any atom is -0.494 e. The molecule has 1 aromatic rings. The van der Waals surface area contributed by atoms with Gasteiger partial charge in [-0.1, -0.05) is 6.92 Å². The molecule has 0 aliphatic carbocycles. The Morgan fingerprint density at radius 1 is 1.33 bits per heavy atom. The van der Waals surface area contributed by atoms with Gasteiger partial charge in [0.25, 0.3) is 0 Å². The Morgan fingerprint density at radius 3 is 2.90 bits per heavy atom. The Bertz CT molecular complexity index is 484. The second-order valence-corrected chi connectivity index (χ2v) is 5.93. The summed E-state index contributed by atoms with van der Waals surface area (Å²) in [6.45, 7) is 6.87. The molecule has 2 heterocycles. The number of hydrogen-bond acceptors (Lipinski definition) is 4. The Kier molecular flexibility index (Phi) is 4.76. The van der Waals surface area contributed by atoms with Gasteiger partial charge in [-0.05, 0) is 62.0 Å². The lowest BCUT2D eigenvalue weighted by Gasteiger charge is -2.29. The molecule has 0 radical (unpaired) electrons. The van der Waals surface area contributed by atoms with Crippen LogP contribution in [0, 0.1) is 11.8 Å². The molecule has 2 unspecified atom stereocenters. The number of rotatable bonds is 5. The largest absolute Gasteiger partial charge is 0.494 e. The number of ether oxygens (including phenoxy) is 2. The van der Waals surface area contributed by atoms with Gasteiger partial charge in [-0.15, -0.1) is 0 Å². The Morgan fingerprint density at radius 2 is 2.19 bits per heavy atom. The van der Waals surface area contributed by atoms with E-state index in [9.17, 15) is 0 Å². The van der Waals surface area contributed by atoms with Crippen molar-refractivity contribution in [2.75, 3.05) is 32.8 Å². The summed E-state index contributed by atoms with van der Waals surface area (Å²) in [5, 5.41) is 3.44. The average molecular weight is 288 g/mol. The zero-order valence-corrected chi connectivity index (χ0v) is 12.7. The van der Waals surface area contributed by atoms with E-state index in [1.54, 1.807) is 0 Å². The van der Waals surface area contributed by atoms with E-state index in [1.165, 1.54) is 6.42 Å². The Labute approximate surface area is 126 Å². The van der Waals surface area contributed by atoms with E-state index < -0.39 is 0 Å². The number of nitrogens with one attached hydrogen (secondary N) is 1. The van der Waals surface area contributed by atoms with Crippen LogP contribution in [0.3, 0.4) is 0 Å². The topological polar surface area (TPSA) is 42.8 Å². The van der Waals surface area contributed by atoms with Crippen molar-refractivity contribution in [3.63, 3.8) is 0 Å². The first-order chi connectivity index (χ1) is 10.3. The first-order valence-corrected chi connectivity index (χ1v) is 7.94. The van der Waals surface area contributed by atoms with E-state index in [0.29, 0.717) is 6.61 Å². The van der Waals surface area contributed by atoms with Crippen molar-refractivity contribution in [1.82, 2.24) is 5.32 Å². The van der Waals surface area contributed by atoms with Gasteiger partial charge in [0.05, 0.1) is 13.2 Å². The first-order valence-electron chi connectivity index (χ1n) is 7.94. The third-order valence-corrected chi connectivity index (χ3v) is 4.41. The van der Waals surface area contributed by atoms with Crippen LogP contribution < -0.4 is 10.1 Å². The monoisotopic (exact) mass is 288 g/mol. The van der Waals surface area contributed by atoms with E-state index in [-0.39, 0.29) is 0 Å². The molecule has 114 valence electrons. The smallest absolute Gasteiger partial charge is 0.216 e. The summed E-state index contributed by atoms with van der Waals surface area (Å²) in [6, 6.07) is 8.05. The number of aliphatic imine (C=N–C) groups is 1. The molecular weight excluding hydrogens is 264 g/mol. The van der Waals surface area contributed by atoms with Crippen molar-refractivity contribution >= 4 is 5.90 Å². The van der Waals surface area contributed by atoms with E-state index in [4.69, 9.17) is 9.47 Å². The molecule has 3 rings (SSSR count). The van der Waals surface area contributed by atoms with Crippen molar-refractivity contribution in [3.05, 3.63) is 29.8 Å². The lowest BCUT2D eigenvalue weighted by Crippen LogP contribution is -2.35. The molecule has 2 atom stereocenters. The highest BCUT2D eigenvalue weighted by Crippen LogP contribution is 2.23. The molecule has 2 aliphatic heterocycles. The van der Waals surface area contributed by atoms with Gasteiger partial charge in [0.15, 0.2) is 0 Å². The highest BCUT2D eigenvalue weighted by atomic mass is 16.5. The van der Waals surface area contributed by atoms with Gasteiger partial charge < -0.3 is 14.8 Å². The molecule has 1 aromatic carbocycles. The highest BCUT2D eigenvalue weighted by Gasteiger charge is 2.20. The second-order valence-electron chi connectivity index (χ2n) is 5.93. The molecule has 4 heteroatoms. The van der Waals surface area contributed by atoms with Crippen LogP contribution in [-0.4, -0.2) is 38.7 Å². The lowest BCUT2D eigenvalue weighted by atomic mass is 9.86. The lowest BCUT2D eigenvalue weighted by molar-refractivity contribution is 0.207. The number of hydrogen-bond donors (Lipinski definition) is 1. The molecule has 21 heavy (non-hydrogen) atoms. The summed E-state index contributed by atoms with van der Waals surface area (Å²) in [6.07, 6.45) is 2.40. The fourth-order valence-corrected chi connectivity index (χ4v) is 3.03. The molecule has 0 aromatic heterocycles. The van der Waals surface area contributed by atoms with E-state index >= 15 is 0 Å². The average Bonchev–Trinajstić information content (AvgIpc) is 3.04. The molecule has 0 amide bonds. The molecule has 2 aliphatic rings. The first kappa shape index (κ1) is 14.4. The summed E-state index contributed by atoms with van der Waals surface area (Å²) >= 11 is 0. The van der Waals surface area contributed by atoms with Crippen molar-refractivity contribution in [3.8, 4) is 5.75 Å². The van der Waals surface area contributed by atoms with Gasteiger partial charge in [0.1, 0.15) is 12.4 Å². The quantitative estimate of drug-likeness (QED) is 0.905. The minimum atomic E-state index is 0.696. The van der Waals surface area contributed by atoms with Crippen LogP contribution in [0.2, 0.25) is 0 Å². The number of nitrogens with zero attached hydrogens (tertiary/aromatic N) is 1. The van der Waals surface area contributed by atoms with Crippen molar-refractivity contribution < 1.29 is 9.47 Å². The highest BCUT2D eigenvalue weighted by molar-refractivity contribution is 5.94. The molecule has 1 N–H and O–H groups in total. The molecule has 0 bridgehead atoms. The zero-order chi connectivity index (χ0) is 14.5. The molecule has 0 spiro atoms. The van der Waals surface area contributed by atoms with Crippen molar-refractivity contribution in [2.45, 2.75) is 19.8 Å². The van der Waals surface area contributed by atoms with Crippen LogP contribution >= 0.6 is 0 Å². The van der Waals surface area contributed by atoms with Crippen LogP contribution in [0.1, 0.15) is 25.3 Å². The zero-order valence-electron chi connectivity index (χ0n) is 12.7. The van der Waals surface area contributed by atoms with Crippen LogP contribution in [0.4, 0.5) is 0 Å². The maximum atomic E-state index is 5.87. The van der Waals surface area contributed by atoms with Gasteiger partial charge in [-0.25, -0.2) is 4.99 Å². The van der Waals surface area contributed by atoms with Crippen LogP contribution in [0.25, 0.3) is 0 Å². The third kappa shape index (κ3) is 3.76. The van der Waals surface area contributed by atoms with Crippen LogP contribution in [-0.2, 0) is 4.74 Å². The van der Waals surface area contributed by atoms with Gasteiger partial charge in [0, 0.05) is 5.56 Å². The van der Waals surface area contributed by atoms with Crippen molar-refractivity contribution in [1.29, 1.82) is 0 Å². The normalized spacial score (nSPS) is 25.3. The van der Waals surface area contributed by atoms with Gasteiger partial charge in [-0.2, -0.15) is 0 Å². The predicted molar refractivity (Wildman–Crippen MR) is 84.1 cm³/mol. The third-order valence-electron chi connectivity index (χ3n) is 4.41. The Hall–Kier alpha value is -1.55. The summed E-state index contributed by atoms with van der Waals surface area (Å²) in [5.74, 6) is 3.22. The Balaban J connectivity index is 1.47. The standard InChI is InChI=1S/C17H24N2O2/c1-13-12-18-8-6-14(13)7-10-20-16-4-2-15(3-5-16)17-19-9-11-21-17/h2-5,13-14,18H,6-12H2,1H3. The van der Waals surface area contributed by atoms with Crippen molar-refractivity contribution in [2.24, 2.45) is 16.8 Å². The van der Waals surface area contributed by atoms with E-state index in [2.05, 4.69) is 17.2 Å². The fourth-order valence-electron chi connectivity index (χ4n) is 3.03. The maximum Gasteiger partial charge on any atom is 0.216 e. The predicted octanol–water partition coefficient (Wildman–Crippen LogP) is 2.48. The van der Waals surface area contributed by atoms with E-state index in [1.807, 2.05) is 24.3 Å². The number of piperidine rings is 1. The number of benzene rings is 1. The minimum absolute atomic E-state index is 0.696. The van der Waals surface area contributed by atoms with E-state index in [0.717, 1.165) is 61.7 Å². The molecule has 1 saturated heterocycles. The summed E-state index contributed by atoms with van der Waals surface area (Å²) in [4.78, 5) is 4.31. The maximum absolute atomic E-state index is 5.87. The summed E-state index contributed by atoms with van der Waals surface area (Å²) in [5.41, 5.74) is 1.03. The van der Waals surface area contributed by atoms with Gasteiger partial charge in [-0.3, -0.25) is 0 Å². The van der Waals surface area contributed by atoms with Gasteiger partial charge >= 0.3 is 0 Å². The molecule has 4 nitrogen and oxygen atoms in total. The molecule has 0 saturated carbocycles. The molecule has 1 fully saturated rings. The second kappa shape index (κ2) is 6.94. The molecular formula is C17H24N2O2. The SMILES string of the molecule is CC1CNCCC1CCOc1ccc(C2=NCCO2)cc1. The fraction of sp³-hybridized carbons (Fsp3) is 0.588.